The lowest BCUT2D eigenvalue weighted by atomic mass is 9.84. The minimum atomic E-state index is -0.964. The highest BCUT2D eigenvalue weighted by Gasteiger charge is 2.16. The second kappa shape index (κ2) is 11.2. The van der Waals surface area contributed by atoms with Crippen LogP contribution in [0.2, 0.25) is 0 Å². The van der Waals surface area contributed by atoms with Crippen LogP contribution < -0.4 is 10.6 Å². The lowest BCUT2D eigenvalue weighted by Gasteiger charge is -2.23. The van der Waals surface area contributed by atoms with Gasteiger partial charge in [0.15, 0.2) is 5.13 Å². The number of aliphatic carboxylic acids is 1. The number of amides is 1. The Labute approximate surface area is 202 Å². The fourth-order valence-corrected chi connectivity index (χ4v) is 5.05. The normalized spacial score (nSPS) is 14.0. The fourth-order valence-electron chi connectivity index (χ4n) is 4.35. The van der Waals surface area contributed by atoms with E-state index in [2.05, 4.69) is 15.6 Å². The van der Waals surface area contributed by atoms with Gasteiger partial charge in [0.2, 0.25) is 0 Å². The average molecular weight is 482 g/mol. The zero-order valence-electron chi connectivity index (χ0n) is 18.9. The van der Waals surface area contributed by atoms with E-state index in [1.807, 2.05) is 18.2 Å². The zero-order chi connectivity index (χ0) is 23.9. The molecule has 0 spiro atoms. The molecular formula is C26H28FN3O3S. The van der Waals surface area contributed by atoms with Crippen molar-refractivity contribution in [2.24, 2.45) is 5.92 Å². The summed E-state index contributed by atoms with van der Waals surface area (Å²) in [5.74, 6) is -0.855. The molecule has 0 unspecified atom stereocenters. The van der Waals surface area contributed by atoms with Crippen molar-refractivity contribution in [2.75, 3.05) is 10.6 Å². The average Bonchev–Trinajstić information content (AvgIpc) is 3.25. The molecule has 6 nitrogen and oxygen atoms in total. The summed E-state index contributed by atoms with van der Waals surface area (Å²) in [6, 6.07) is 12.2. The van der Waals surface area contributed by atoms with E-state index in [0.29, 0.717) is 28.9 Å². The minimum absolute atomic E-state index is 0.176. The molecule has 1 aliphatic carbocycles. The van der Waals surface area contributed by atoms with Gasteiger partial charge in [-0.2, -0.15) is 0 Å². The van der Waals surface area contributed by atoms with Crippen molar-refractivity contribution in [1.82, 2.24) is 4.98 Å². The van der Waals surface area contributed by atoms with E-state index in [0.717, 1.165) is 23.2 Å². The van der Waals surface area contributed by atoms with Crippen LogP contribution in [-0.2, 0) is 24.2 Å². The van der Waals surface area contributed by atoms with Crippen LogP contribution in [0.3, 0.4) is 0 Å². The maximum Gasteiger partial charge on any atom is 0.309 e. The van der Waals surface area contributed by atoms with E-state index in [9.17, 15) is 14.0 Å². The van der Waals surface area contributed by atoms with E-state index in [1.54, 1.807) is 23.6 Å². The third-order valence-corrected chi connectivity index (χ3v) is 6.91. The summed E-state index contributed by atoms with van der Waals surface area (Å²) < 4.78 is 13.9. The van der Waals surface area contributed by atoms with Crippen LogP contribution in [0.1, 0.15) is 59.3 Å². The van der Waals surface area contributed by atoms with Crippen molar-refractivity contribution in [2.45, 2.75) is 51.5 Å². The Kier molecular flexibility index (Phi) is 7.90. The fraction of sp³-hybridized carbons (Fsp3) is 0.346. The van der Waals surface area contributed by atoms with Crippen molar-refractivity contribution in [3.05, 3.63) is 76.0 Å². The van der Waals surface area contributed by atoms with Gasteiger partial charge >= 0.3 is 5.97 Å². The Morgan fingerprint density at radius 3 is 2.59 bits per heavy atom. The standard InChI is InChI=1S/C26H28FN3O3S/c27-21-10-11-23(20(13-21)12-17-4-2-1-3-5-17)28-15-18-6-8-19(9-7-18)25(33)30-26-29-22(16-34-26)14-24(31)32/h6-11,13,16-17,28H,1-5,12,14-15H2,(H,31,32)(H,29,30,33). The molecule has 1 saturated carbocycles. The Balaban J connectivity index is 1.34. The van der Waals surface area contributed by atoms with Gasteiger partial charge < -0.3 is 10.4 Å². The first kappa shape index (κ1) is 23.9. The Morgan fingerprint density at radius 2 is 1.85 bits per heavy atom. The maximum atomic E-state index is 13.9. The molecule has 1 aromatic heterocycles. The van der Waals surface area contributed by atoms with Gasteiger partial charge in [-0.25, -0.2) is 9.37 Å². The van der Waals surface area contributed by atoms with E-state index < -0.39 is 5.97 Å². The van der Waals surface area contributed by atoms with Gasteiger partial charge in [-0.1, -0.05) is 44.2 Å². The predicted molar refractivity (Wildman–Crippen MR) is 132 cm³/mol. The van der Waals surface area contributed by atoms with Gasteiger partial charge in [-0.3, -0.25) is 14.9 Å². The van der Waals surface area contributed by atoms with Crippen molar-refractivity contribution >= 4 is 34.0 Å². The van der Waals surface area contributed by atoms with Crippen LogP contribution in [0.25, 0.3) is 0 Å². The maximum absolute atomic E-state index is 13.9. The molecule has 0 atom stereocenters. The van der Waals surface area contributed by atoms with Crippen LogP contribution in [0.15, 0.2) is 47.8 Å². The van der Waals surface area contributed by atoms with Gasteiger partial charge in [0.1, 0.15) is 5.82 Å². The Morgan fingerprint density at radius 1 is 1.09 bits per heavy atom. The monoisotopic (exact) mass is 481 g/mol. The number of nitrogens with one attached hydrogen (secondary N) is 2. The molecule has 0 bridgehead atoms. The molecule has 1 aliphatic rings. The molecule has 1 fully saturated rings. The molecular weight excluding hydrogens is 453 g/mol. The topological polar surface area (TPSA) is 91.3 Å². The Hall–Kier alpha value is -3.26. The molecule has 0 aliphatic heterocycles. The molecule has 8 heteroatoms. The number of carboxylic acid groups (broad SMARTS) is 1. The van der Waals surface area contributed by atoms with Gasteiger partial charge in [0.05, 0.1) is 12.1 Å². The number of carboxylic acids is 1. The summed E-state index contributed by atoms with van der Waals surface area (Å²) in [6.45, 7) is 0.566. The van der Waals surface area contributed by atoms with Crippen LogP contribution >= 0.6 is 11.3 Å². The highest BCUT2D eigenvalue weighted by molar-refractivity contribution is 7.14. The molecule has 4 rings (SSSR count). The summed E-state index contributed by atoms with van der Waals surface area (Å²) in [5.41, 5.74) is 3.88. The predicted octanol–water partition coefficient (Wildman–Crippen LogP) is 5.90. The number of thiazole rings is 1. The molecule has 1 amide bonds. The number of hydrogen-bond acceptors (Lipinski definition) is 5. The number of aromatic nitrogens is 1. The van der Waals surface area contributed by atoms with Crippen molar-refractivity contribution in [3.63, 3.8) is 0 Å². The summed E-state index contributed by atoms with van der Waals surface area (Å²) in [5, 5.41) is 17.0. The number of hydrogen-bond donors (Lipinski definition) is 3. The number of nitrogens with zero attached hydrogens (tertiary/aromatic N) is 1. The van der Waals surface area contributed by atoms with E-state index in [1.165, 1.54) is 49.5 Å². The van der Waals surface area contributed by atoms with Crippen LogP contribution in [0.4, 0.5) is 15.2 Å². The molecule has 3 N–H and O–H groups in total. The third-order valence-electron chi connectivity index (χ3n) is 6.10. The number of carbonyl (C=O) groups excluding carboxylic acids is 1. The smallest absolute Gasteiger partial charge is 0.309 e. The summed E-state index contributed by atoms with van der Waals surface area (Å²) in [7, 11) is 0. The molecule has 2 aromatic carbocycles. The molecule has 1 heterocycles. The summed E-state index contributed by atoms with van der Waals surface area (Å²) in [4.78, 5) is 27.4. The van der Waals surface area contributed by atoms with E-state index in [4.69, 9.17) is 5.11 Å². The van der Waals surface area contributed by atoms with Crippen LogP contribution in [-0.4, -0.2) is 22.0 Å². The first-order valence-corrected chi connectivity index (χ1v) is 12.4. The number of carbonyl (C=O) groups is 2. The minimum Gasteiger partial charge on any atom is -0.481 e. The SMILES string of the molecule is O=C(O)Cc1csc(NC(=O)c2ccc(CNc3ccc(F)cc3CC3CCCCC3)cc2)n1. The molecule has 178 valence electrons. The first-order valence-electron chi connectivity index (χ1n) is 11.5. The largest absolute Gasteiger partial charge is 0.481 e. The summed E-state index contributed by atoms with van der Waals surface area (Å²) in [6.07, 6.45) is 6.95. The summed E-state index contributed by atoms with van der Waals surface area (Å²) >= 11 is 1.19. The number of halogens is 1. The lowest BCUT2D eigenvalue weighted by Crippen LogP contribution is -2.12. The lowest BCUT2D eigenvalue weighted by molar-refractivity contribution is -0.136. The van der Waals surface area contributed by atoms with E-state index in [-0.39, 0.29) is 18.1 Å². The van der Waals surface area contributed by atoms with Gasteiger partial charge in [0.25, 0.3) is 5.91 Å². The van der Waals surface area contributed by atoms with Crippen molar-refractivity contribution in [1.29, 1.82) is 0 Å². The second-order valence-corrected chi connectivity index (χ2v) is 9.59. The number of anilines is 2. The molecule has 0 saturated heterocycles. The van der Waals surface area contributed by atoms with Crippen LogP contribution in [0, 0.1) is 11.7 Å². The van der Waals surface area contributed by atoms with Crippen molar-refractivity contribution < 1.29 is 19.1 Å². The third kappa shape index (κ3) is 6.63. The highest BCUT2D eigenvalue weighted by Crippen LogP contribution is 2.30. The second-order valence-electron chi connectivity index (χ2n) is 8.73. The van der Waals surface area contributed by atoms with Crippen molar-refractivity contribution in [3.8, 4) is 0 Å². The van der Waals surface area contributed by atoms with Gasteiger partial charge in [-0.15, -0.1) is 11.3 Å². The quantitative estimate of drug-likeness (QED) is 0.354. The highest BCUT2D eigenvalue weighted by atomic mass is 32.1. The van der Waals surface area contributed by atoms with Gasteiger partial charge in [0, 0.05) is 23.2 Å². The first-order chi connectivity index (χ1) is 16.5. The number of benzene rings is 2. The van der Waals surface area contributed by atoms with Crippen LogP contribution in [0.5, 0.6) is 0 Å². The van der Waals surface area contributed by atoms with E-state index >= 15 is 0 Å². The van der Waals surface area contributed by atoms with Gasteiger partial charge in [-0.05, 0) is 53.8 Å². The number of rotatable bonds is 9. The molecule has 3 aromatic rings. The Bertz CT molecular complexity index is 1140. The molecule has 0 radical (unpaired) electrons. The zero-order valence-corrected chi connectivity index (χ0v) is 19.7. The molecule has 34 heavy (non-hydrogen) atoms.